The third kappa shape index (κ3) is 2.05. The summed E-state index contributed by atoms with van der Waals surface area (Å²) in [7, 11) is 0. The van der Waals surface area contributed by atoms with Crippen molar-refractivity contribution in [1.82, 2.24) is 0 Å². The number of hydrogen-bond donors (Lipinski definition) is 2. The number of aromatic carboxylic acids is 1. The molecule has 0 amide bonds. The molecule has 2 rings (SSSR count). The topological polar surface area (TPSA) is 66.8 Å². The number of alkyl halides is 1. The third-order valence-electron chi connectivity index (χ3n) is 2.89. The summed E-state index contributed by atoms with van der Waals surface area (Å²) in [5, 5.41) is 19.1. The van der Waals surface area contributed by atoms with E-state index in [1.54, 1.807) is 6.07 Å². The van der Waals surface area contributed by atoms with Gasteiger partial charge >= 0.3 is 5.97 Å². The Bertz CT molecular complexity index is 470. The van der Waals surface area contributed by atoms with Crippen LogP contribution in [0.1, 0.15) is 35.9 Å². The van der Waals surface area contributed by atoms with Gasteiger partial charge in [0.2, 0.25) is 0 Å². The molecule has 0 spiro atoms. The van der Waals surface area contributed by atoms with E-state index < -0.39 is 17.7 Å². The summed E-state index contributed by atoms with van der Waals surface area (Å²) in [4.78, 5) is 10.6. The van der Waals surface area contributed by atoms with Crippen LogP contribution in [-0.2, 0) is 0 Å². The van der Waals surface area contributed by atoms with Gasteiger partial charge in [-0.25, -0.2) is 4.79 Å². The number of hydrogen-bond acceptors (Lipinski definition) is 3. The van der Waals surface area contributed by atoms with Gasteiger partial charge in [-0.2, -0.15) is 0 Å². The van der Waals surface area contributed by atoms with Crippen molar-refractivity contribution in [2.45, 2.75) is 30.4 Å². The number of carbonyl (C=O) groups is 1. The van der Waals surface area contributed by atoms with Crippen LogP contribution in [0.15, 0.2) is 18.2 Å². The van der Waals surface area contributed by atoms with Crippen molar-refractivity contribution in [2.24, 2.45) is 0 Å². The molecule has 1 aliphatic rings. The average molecular weight is 301 g/mol. The molecule has 0 saturated carbocycles. The van der Waals surface area contributed by atoms with Gasteiger partial charge in [-0.15, -0.1) is 0 Å². The van der Waals surface area contributed by atoms with E-state index in [9.17, 15) is 9.90 Å². The van der Waals surface area contributed by atoms with E-state index in [1.807, 2.05) is 13.8 Å². The molecule has 2 atom stereocenters. The second-order valence-corrected chi connectivity index (χ2v) is 5.60. The summed E-state index contributed by atoms with van der Waals surface area (Å²) in [6.07, 6.45) is -0.784. The number of aliphatic hydroxyl groups excluding tert-OH is 1. The lowest BCUT2D eigenvalue weighted by atomic mass is 9.90. The Labute approximate surface area is 107 Å². The second kappa shape index (κ2) is 3.99. The summed E-state index contributed by atoms with van der Waals surface area (Å²) in [6.45, 7) is 3.73. The van der Waals surface area contributed by atoms with Gasteiger partial charge in [0.1, 0.15) is 11.4 Å². The molecule has 4 nitrogen and oxygen atoms in total. The van der Waals surface area contributed by atoms with E-state index in [-0.39, 0.29) is 10.4 Å². The molecule has 1 heterocycles. The fourth-order valence-electron chi connectivity index (χ4n) is 1.88. The Morgan fingerprint density at radius 3 is 2.71 bits per heavy atom. The van der Waals surface area contributed by atoms with Gasteiger partial charge in [0.25, 0.3) is 0 Å². The third-order valence-corrected chi connectivity index (χ3v) is 4.49. The molecule has 92 valence electrons. The fraction of sp³-hybridized carbons (Fsp3) is 0.417. The molecule has 0 radical (unpaired) electrons. The summed E-state index contributed by atoms with van der Waals surface area (Å²) in [6, 6.07) is 4.51. The van der Waals surface area contributed by atoms with Gasteiger partial charge in [-0.1, -0.05) is 15.9 Å². The second-order valence-electron chi connectivity index (χ2n) is 4.61. The van der Waals surface area contributed by atoms with E-state index in [4.69, 9.17) is 9.84 Å². The fourth-order valence-corrected chi connectivity index (χ4v) is 2.26. The molecular formula is C12H13BrO4. The van der Waals surface area contributed by atoms with Crippen LogP contribution in [0.2, 0.25) is 0 Å². The lowest BCUT2D eigenvalue weighted by Gasteiger charge is -2.40. The largest absolute Gasteiger partial charge is 0.486 e. The molecule has 0 saturated heterocycles. The highest BCUT2D eigenvalue weighted by molar-refractivity contribution is 9.09. The quantitative estimate of drug-likeness (QED) is 0.781. The lowest BCUT2D eigenvalue weighted by Crippen LogP contribution is -2.45. The molecule has 1 aromatic carbocycles. The van der Waals surface area contributed by atoms with Gasteiger partial charge in [0, 0.05) is 5.56 Å². The van der Waals surface area contributed by atoms with E-state index >= 15 is 0 Å². The van der Waals surface area contributed by atoms with Crippen LogP contribution >= 0.6 is 15.9 Å². The van der Waals surface area contributed by atoms with Crippen molar-refractivity contribution in [3.05, 3.63) is 29.3 Å². The lowest BCUT2D eigenvalue weighted by molar-refractivity contribution is 0.0225. The molecule has 0 aliphatic carbocycles. The maximum atomic E-state index is 10.9. The molecule has 2 N–H and O–H groups in total. The molecule has 1 aromatic rings. The minimum atomic E-state index is -1.02. The number of fused-ring (bicyclic) bond motifs is 1. The van der Waals surface area contributed by atoms with Crippen LogP contribution in [0.5, 0.6) is 5.75 Å². The predicted octanol–water partition coefficient (Wildman–Crippen LogP) is 2.35. The first-order valence-corrected chi connectivity index (χ1v) is 6.13. The number of halogens is 1. The molecule has 2 unspecified atom stereocenters. The van der Waals surface area contributed by atoms with Gasteiger partial charge in [0.05, 0.1) is 16.5 Å². The Morgan fingerprint density at radius 2 is 2.12 bits per heavy atom. The highest BCUT2D eigenvalue weighted by Crippen LogP contribution is 2.43. The number of ether oxygens (including phenoxy) is 1. The van der Waals surface area contributed by atoms with Crippen molar-refractivity contribution in [3.63, 3.8) is 0 Å². The van der Waals surface area contributed by atoms with Crippen LogP contribution in [0.25, 0.3) is 0 Å². The average Bonchev–Trinajstić information content (AvgIpc) is 2.25. The Hall–Kier alpha value is -1.07. The van der Waals surface area contributed by atoms with Gasteiger partial charge in [0.15, 0.2) is 0 Å². The van der Waals surface area contributed by atoms with E-state index in [2.05, 4.69) is 15.9 Å². The number of carboxylic acids is 1. The zero-order valence-corrected chi connectivity index (χ0v) is 11.1. The van der Waals surface area contributed by atoms with Crippen molar-refractivity contribution in [3.8, 4) is 5.75 Å². The van der Waals surface area contributed by atoms with Crippen molar-refractivity contribution < 1.29 is 19.7 Å². The van der Waals surface area contributed by atoms with E-state index in [0.717, 1.165) is 0 Å². The van der Waals surface area contributed by atoms with Crippen LogP contribution in [-0.4, -0.2) is 26.6 Å². The summed E-state index contributed by atoms with van der Waals surface area (Å²) >= 11 is 3.38. The number of rotatable bonds is 1. The molecule has 0 fully saturated rings. The van der Waals surface area contributed by atoms with Gasteiger partial charge in [-0.3, -0.25) is 0 Å². The Morgan fingerprint density at radius 1 is 1.47 bits per heavy atom. The van der Waals surface area contributed by atoms with E-state index in [0.29, 0.717) is 11.3 Å². The van der Waals surface area contributed by atoms with Gasteiger partial charge < -0.3 is 14.9 Å². The van der Waals surface area contributed by atoms with Crippen molar-refractivity contribution in [1.29, 1.82) is 0 Å². The standard InChI is InChI=1S/C12H13BrO4/c1-12(2)10(13)9(14)7-5-6(11(15)16)3-4-8(7)17-12/h3-5,9-10,14H,1-2H3,(H,15,16). The number of carboxylic acid groups (broad SMARTS) is 1. The Balaban J connectivity index is 2.50. The number of benzene rings is 1. The zero-order valence-electron chi connectivity index (χ0n) is 9.48. The molecular weight excluding hydrogens is 288 g/mol. The first kappa shape index (κ1) is 12.4. The molecule has 5 heteroatoms. The normalized spacial score (nSPS) is 25.9. The Kier molecular flexibility index (Phi) is 2.91. The van der Waals surface area contributed by atoms with Crippen LogP contribution in [0.3, 0.4) is 0 Å². The minimum absolute atomic E-state index is 0.144. The van der Waals surface area contributed by atoms with Crippen LogP contribution in [0.4, 0.5) is 0 Å². The monoisotopic (exact) mass is 300 g/mol. The van der Waals surface area contributed by atoms with Crippen LogP contribution < -0.4 is 4.74 Å². The summed E-state index contributed by atoms with van der Waals surface area (Å²) in [5.74, 6) is -0.487. The summed E-state index contributed by atoms with van der Waals surface area (Å²) in [5.41, 5.74) is 0.105. The molecule has 0 aromatic heterocycles. The SMILES string of the molecule is CC1(C)Oc2ccc(C(=O)O)cc2C(O)C1Br. The maximum absolute atomic E-state index is 10.9. The van der Waals surface area contributed by atoms with Crippen molar-refractivity contribution in [2.75, 3.05) is 0 Å². The smallest absolute Gasteiger partial charge is 0.335 e. The van der Waals surface area contributed by atoms with Crippen molar-refractivity contribution >= 4 is 21.9 Å². The number of aliphatic hydroxyl groups is 1. The highest BCUT2D eigenvalue weighted by atomic mass is 79.9. The van der Waals surface area contributed by atoms with E-state index in [1.165, 1.54) is 12.1 Å². The molecule has 0 bridgehead atoms. The maximum Gasteiger partial charge on any atom is 0.335 e. The predicted molar refractivity (Wildman–Crippen MR) is 65.8 cm³/mol. The zero-order chi connectivity index (χ0) is 12.8. The summed E-state index contributed by atoms with van der Waals surface area (Å²) < 4.78 is 5.74. The minimum Gasteiger partial charge on any atom is -0.486 e. The first-order valence-electron chi connectivity index (χ1n) is 5.21. The van der Waals surface area contributed by atoms with Gasteiger partial charge in [-0.05, 0) is 32.0 Å². The first-order chi connectivity index (χ1) is 7.83. The van der Waals surface area contributed by atoms with Crippen LogP contribution in [0, 0.1) is 0 Å². The molecule has 1 aliphatic heterocycles. The highest BCUT2D eigenvalue weighted by Gasteiger charge is 2.41. The molecule has 17 heavy (non-hydrogen) atoms.